The molecule has 1 saturated heterocycles. The van der Waals surface area contributed by atoms with Crippen molar-refractivity contribution in [2.24, 2.45) is 0 Å². The molecule has 0 unspecified atom stereocenters. The number of aromatic nitrogens is 1. The maximum atomic E-state index is 4.22. The van der Waals surface area contributed by atoms with Crippen molar-refractivity contribution >= 4 is 17.4 Å². The van der Waals surface area contributed by atoms with Crippen LogP contribution in [0.25, 0.3) is 0 Å². The highest BCUT2D eigenvalue weighted by Crippen LogP contribution is 2.22. The van der Waals surface area contributed by atoms with Gasteiger partial charge in [-0.3, -0.25) is 4.98 Å². The quantitative estimate of drug-likeness (QED) is 0.863. The lowest BCUT2D eigenvalue weighted by atomic mass is 10.2. The van der Waals surface area contributed by atoms with E-state index >= 15 is 0 Å². The highest BCUT2D eigenvalue weighted by atomic mass is 32.2. The largest absolute Gasteiger partial charge is 0.370 e. The van der Waals surface area contributed by atoms with Gasteiger partial charge in [-0.2, -0.15) is 11.8 Å². The van der Waals surface area contributed by atoms with Crippen LogP contribution in [-0.4, -0.2) is 36.1 Å². The van der Waals surface area contributed by atoms with Crippen LogP contribution in [0.1, 0.15) is 12.5 Å². The maximum absolute atomic E-state index is 4.22. The molecule has 1 aromatic heterocycles. The second-order valence-corrected chi connectivity index (χ2v) is 5.11. The zero-order valence-electron chi connectivity index (χ0n) is 9.78. The van der Waals surface area contributed by atoms with Crippen molar-refractivity contribution in [3.63, 3.8) is 0 Å². The van der Waals surface area contributed by atoms with Gasteiger partial charge in [0.05, 0.1) is 0 Å². The Balaban J connectivity index is 2.11. The molecule has 3 nitrogen and oxygen atoms in total. The van der Waals surface area contributed by atoms with Crippen molar-refractivity contribution in [1.82, 2.24) is 10.3 Å². The fourth-order valence-electron chi connectivity index (χ4n) is 1.93. The Bertz CT molecular complexity index is 324. The van der Waals surface area contributed by atoms with E-state index in [0.717, 1.165) is 26.2 Å². The first-order valence-electron chi connectivity index (χ1n) is 5.88. The summed E-state index contributed by atoms with van der Waals surface area (Å²) < 4.78 is 0. The molecule has 2 heterocycles. The lowest BCUT2D eigenvalue weighted by Crippen LogP contribution is -2.33. The van der Waals surface area contributed by atoms with E-state index in [9.17, 15) is 0 Å². The topological polar surface area (TPSA) is 28.2 Å². The summed E-state index contributed by atoms with van der Waals surface area (Å²) in [6, 6.07) is 2.14. The number of pyridine rings is 1. The minimum atomic E-state index is 0.920. The molecule has 1 aliphatic heterocycles. The standard InChI is InChI=1S/C12H19N3S/c1-2-13-9-11-10-14-4-3-12(11)15-5-7-16-8-6-15/h3-4,10,13H,2,5-9H2,1H3. The van der Waals surface area contributed by atoms with E-state index in [1.807, 2.05) is 24.2 Å². The van der Waals surface area contributed by atoms with Crippen LogP contribution in [-0.2, 0) is 6.54 Å². The third kappa shape index (κ3) is 2.89. The Kier molecular flexibility index (Phi) is 4.48. The predicted molar refractivity (Wildman–Crippen MR) is 71.2 cm³/mol. The average Bonchev–Trinajstić information content (AvgIpc) is 2.38. The van der Waals surface area contributed by atoms with Gasteiger partial charge in [0.25, 0.3) is 0 Å². The first-order valence-corrected chi connectivity index (χ1v) is 7.03. The normalized spacial score (nSPS) is 16.4. The fraction of sp³-hybridized carbons (Fsp3) is 0.583. The summed E-state index contributed by atoms with van der Waals surface area (Å²) in [5, 5.41) is 3.37. The van der Waals surface area contributed by atoms with Crippen molar-refractivity contribution in [3.05, 3.63) is 24.0 Å². The molecule has 2 rings (SSSR count). The smallest absolute Gasteiger partial charge is 0.0443 e. The fourth-order valence-corrected chi connectivity index (χ4v) is 2.83. The summed E-state index contributed by atoms with van der Waals surface area (Å²) in [7, 11) is 0. The zero-order valence-corrected chi connectivity index (χ0v) is 10.6. The van der Waals surface area contributed by atoms with Gasteiger partial charge in [0.1, 0.15) is 0 Å². The molecule has 0 saturated carbocycles. The van der Waals surface area contributed by atoms with E-state index in [1.54, 1.807) is 0 Å². The minimum Gasteiger partial charge on any atom is -0.370 e. The van der Waals surface area contributed by atoms with Gasteiger partial charge in [-0.1, -0.05) is 6.92 Å². The Morgan fingerprint density at radius 1 is 1.44 bits per heavy atom. The highest BCUT2D eigenvalue weighted by molar-refractivity contribution is 7.99. The first-order chi connectivity index (χ1) is 7.92. The maximum Gasteiger partial charge on any atom is 0.0443 e. The van der Waals surface area contributed by atoms with E-state index in [4.69, 9.17) is 0 Å². The molecule has 1 aliphatic rings. The number of rotatable bonds is 4. The van der Waals surface area contributed by atoms with Crippen LogP contribution in [0.4, 0.5) is 5.69 Å². The number of thioether (sulfide) groups is 1. The molecule has 0 aliphatic carbocycles. The summed E-state index contributed by atoms with van der Waals surface area (Å²) >= 11 is 2.04. The molecule has 16 heavy (non-hydrogen) atoms. The second-order valence-electron chi connectivity index (χ2n) is 3.88. The molecule has 0 aromatic carbocycles. The van der Waals surface area contributed by atoms with Crippen molar-refractivity contribution in [2.75, 3.05) is 36.0 Å². The summed E-state index contributed by atoms with van der Waals surface area (Å²) in [5.74, 6) is 2.48. The summed E-state index contributed by atoms with van der Waals surface area (Å²) in [6.07, 6.45) is 3.88. The van der Waals surface area contributed by atoms with Crippen molar-refractivity contribution < 1.29 is 0 Å². The van der Waals surface area contributed by atoms with Crippen molar-refractivity contribution in [2.45, 2.75) is 13.5 Å². The first kappa shape index (κ1) is 11.7. The van der Waals surface area contributed by atoms with Gasteiger partial charge in [0, 0.05) is 54.8 Å². The molecule has 0 bridgehead atoms. The van der Waals surface area contributed by atoms with Gasteiger partial charge in [-0.25, -0.2) is 0 Å². The predicted octanol–water partition coefficient (Wildman–Crippen LogP) is 1.74. The Hall–Kier alpha value is -0.740. The van der Waals surface area contributed by atoms with Gasteiger partial charge in [-0.15, -0.1) is 0 Å². The van der Waals surface area contributed by atoms with Crippen LogP contribution >= 0.6 is 11.8 Å². The van der Waals surface area contributed by atoms with Gasteiger partial charge in [0.15, 0.2) is 0 Å². The van der Waals surface area contributed by atoms with Crippen molar-refractivity contribution in [1.29, 1.82) is 0 Å². The highest BCUT2D eigenvalue weighted by Gasteiger charge is 2.13. The van der Waals surface area contributed by atoms with Crippen LogP contribution in [0.15, 0.2) is 18.5 Å². The average molecular weight is 237 g/mol. The van der Waals surface area contributed by atoms with Gasteiger partial charge in [-0.05, 0) is 12.6 Å². The molecule has 0 spiro atoms. The molecule has 1 N–H and O–H groups in total. The monoisotopic (exact) mass is 237 g/mol. The SMILES string of the molecule is CCNCc1cnccc1N1CCSCC1. The Morgan fingerprint density at radius 2 is 2.25 bits per heavy atom. The van der Waals surface area contributed by atoms with E-state index in [2.05, 4.69) is 28.2 Å². The summed E-state index contributed by atoms with van der Waals surface area (Å²) in [4.78, 5) is 6.70. The molecule has 0 atom stereocenters. The lowest BCUT2D eigenvalue weighted by Gasteiger charge is -2.30. The molecular formula is C12H19N3S. The molecule has 4 heteroatoms. The second kappa shape index (κ2) is 6.11. The summed E-state index contributed by atoms with van der Waals surface area (Å²) in [5.41, 5.74) is 2.67. The number of hydrogen-bond donors (Lipinski definition) is 1. The third-order valence-electron chi connectivity index (χ3n) is 2.80. The van der Waals surface area contributed by atoms with E-state index in [0.29, 0.717) is 0 Å². The van der Waals surface area contributed by atoms with E-state index < -0.39 is 0 Å². The third-order valence-corrected chi connectivity index (χ3v) is 3.74. The zero-order chi connectivity index (χ0) is 11.2. The number of anilines is 1. The molecule has 0 radical (unpaired) electrons. The van der Waals surface area contributed by atoms with Gasteiger partial charge >= 0.3 is 0 Å². The van der Waals surface area contributed by atoms with E-state index in [1.165, 1.54) is 22.8 Å². The van der Waals surface area contributed by atoms with Gasteiger partial charge < -0.3 is 10.2 Å². The molecule has 88 valence electrons. The number of nitrogens with one attached hydrogen (secondary N) is 1. The van der Waals surface area contributed by atoms with Gasteiger partial charge in [0.2, 0.25) is 0 Å². The minimum absolute atomic E-state index is 0.920. The molecule has 1 aromatic rings. The molecular weight excluding hydrogens is 218 g/mol. The van der Waals surface area contributed by atoms with Crippen molar-refractivity contribution in [3.8, 4) is 0 Å². The Labute approximate surface area is 102 Å². The van der Waals surface area contributed by atoms with Crippen LogP contribution < -0.4 is 10.2 Å². The number of hydrogen-bond acceptors (Lipinski definition) is 4. The molecule has 1 fully saturated rings. The van der Waals surface area contributed by atoms with E-state index in [-0.39, 0.29) is 0 Å². The Morgan fingerprint density at radius 3 is 3.00 bits per heavy atom. The van der Waals surface area contributed by atoms with Crippen LogP contribution in [0, 0.1) is 0 Å². The summed E-state index contributed by atoms with van der Waals surface area (Å²) in [6.45, 7) is 6.38. The lowest BCUT2D eigenvalue weighted by molar-refractivity contribution is 0.718. The van der Waals surface area contributed by atoms with Crippen LogP contribution in [0.5, 0.6) is 0 Å². The number of nitrogens with zero attached hydrogens (tertiary/aromatic N) is 2. The van der Waals surface area contributed by atoms with Crippen LogP contribution in [0.3, 0.4) is 0 Å². The van der Waals surface area contributed by atoms with Crippen LogP contribution in [0.2, 0.25) is 0 Å². The molecule has 0 amide bonds.